The number of hydrogen-bond donors (Lipinski definition) is 0. The lowest BCUT2D eigenvalue weighted by Gasteiger charge is -2.01. The van der Waals surface area contributed by atoms with Gasteiger partial charge < -0.3 is 0 Å². The van der Waals surface area contributed by atoms with Crippen LogP contribution in [0.25, 0.3) is 0 Å². The quantitative estimate of drug-likeness (QED) is 0.778. The number of pyridine rings is 1. The molecule has 0 aliphatic rings. The molecule has 0 atom stereocenters. The minimum Gasteiger partial charge on any atom is -0.260 e. The topological polar surface area (TPSA) is 12.9 Å². The average Bonchev–Trinajstić information content (AvgIpc) is 2.33. The van der Waals surface area contributed by atoms with Crippen LogP contribution in [0.2, 0.25) is 5.02 Å². The monoisotopic (exact) mass is 231 g/mol. The van der Waals surface area contributed by atoms with Gasteiger partial charge in [0.15, 0.2) is 0 Å². The summed E-state index contributed by atoms with van der Waals surface area (Å²) in [7, 11) is 0. The van der Waals surface area contributed by atoms with E-state index >= 15 is 0 Å². The Labute approximate surface area is 101 Å². The Balaban J connectivity index is 1.82. The second kappa shape index (κ2) is 5.66. The molecule has 0 amide bonds. The lowest BCUT2D eigenvalue weighted by molar-refractivity contribution is 0.799. The van der Waals surface area contributed by atoms with E-state index in [-0.39, 0.29) is 0 Å². The molecular formula is C14H14ClN. The van der Waals surface area contributed by atoms with E-state index in [4.69, 9.17) is 11.6 Å². The number of aromatic nitrogens is 1. The zero-order valence-corrected chi connectivity index (χ0v) is 9.82. The third-order valence-electron chi connectivity index (χ3n) is 2.53. The molecule has 2 rings (SSSR count). The van der Waals surface area contributed by atoms with Crippen molar-refractivity contribution in [2.75, 3.05) is 0 Å². The SMILES string of the molecule is Clc1ccc(CCCc2ccccc2)nc1. The predicted octanol–water partition coefficient (Wildman–Crippen LogP) is 3.91. The third-order valence-corrected chi connectivity index (χ3v) is 2.75. The van der Waals surface area contributed by atoms with Crippen LogP contribution in [0.4, 0.5) is 0 Å². The van der Waals surface area contributed by atoms with E-state index in [1.54, 1.807) is 6.20 Å². The van der Waals surface area contributed by atoms with Crippen LogP contribution in [-0.4, -0.2) is 4.98 Å². The van der Waals surface area contributed by atoms with E-state index in [9.17, 15) is 0 Å². The van der Waals surface area contributed by atoms with Crippen molar-refractivity contribution in [1.82, 2.24) is 4.98 Å². The molecule has 16 heavy (non-hydrogen) atoms. The molecule has 0 saturated heterocycles. The molecule has 0 saturated carbocycles. The summed E-state index contributed by atoms with van der Waals surface area (Å²) in [6.07, 6.45) is 4.94. The summed E-state index contributed by atoms with van der Waals surface area (Å²) in [6.45, 7) is 0. The van der Waals surface area contributed by atoms with Crippen molar-refractivity contribution in [2.45, 2.75) is 19.3 Å². The molecule has 0 radical (unpaired) electrons. The zero-order valence-electron chi connectivity index (χ0n) is 9.07. The van der Waals surface area contributed by atoms with Gasteiger partial charge in [0.05, 0.1) is 5.02 Å². The summed E-state index contributed by atoms with van der Waals surface area (Å²) < 4.78 is 0. The molecule has 0 fully saturated rings. The van der Waals surface area contributed by atoms with Crippen molar-refractivity contribution < 1.29 is 0 Å². The van der Waals surface area contributed by atoms with Crippen LogP contribution in [-0.2, 0) is 12.8 Å². The highest BCUT2D eigenvalue weighted by molar-refractivity contribution is 6.30. The van der Waals surface area contributed by atoms with Crippen molar-refractivity contribution in [1.29, 1.82) is 0 Å². The maximum absolute atomic E-state index is 5.78. The average molecular weight is 232 g/mol. The Bertz CT molecular complexity index is 422. The lowest BCUT2D eigenvalue weighted by Crippen LogP contribution is -1.92. The minimum atomic E-state index is 0.701. The van der Waals surface area contributed by atoms with Crippen molar-refractivity contribution in [2.24, 2.45) is 0 Å². The third kappa shape index (κ3) is 3.35. The first-order chi connectivity index (χ1) is 7.84. The van der Waals surface area contributed by atoms with Gasteiger partial charge in [-0.2, -0.15) is 0 Å². The van der Waals surface area contributed by atoms with Gasteiger partial charge in [0.25, 0.3) is 0 Å². The fraction of sp³-hybridized carbons (Fsp3) is 0.214. The van der Waals surface area contributed by atoms with Crippen molar-refractivity contribution in [3.05, 3.63) is 64.9 Å². The van der Waals surface area contributed by atoms with Crippen molar-refractivity contribution in [3.63, 3.8) is 0 Å². The summed E-state index contributed by atoms with van der Waals surface area (Å²) >= 11 is 5.78. The molecule has 2 aromatic rings. The molecule has 0 bridgehead atoms. The van der Waals surface area contributed by atoms with Gasteiger partial charge in [-0.3, -0.25) is 4.98 Å². The fourth-order valence-corrected chi connectivity index (χ4v) is 1.78. The van der Waals surface area contributed by atoms with E-state index in [1.807, 2.05) is 18.2 Å². The lowest BCUT2D eigenvalue weighted by atomic mass is 10.1. The van der Waals surface area contributed by atoms with Crippen molar-refractivity contribution >= 4 is 11.6 Å². The van der Waals surface area contributed by atoms with Gasteiger partial charge in [-0.25, -0.2) is 0 Å². The number of benzene rings is 1. The number of rotatable bonds is 4. The summed E-state index contributed by atoms with van der Waals surface area (Å²) in [5.41, 5.74) is 2.50. The van der Waals surface area contributed by atoms with E-state index in [0.29, 0.717) is 5.02 Å². The first kappa shape index (κ1) is 11.2. The molecule has 1 nitrogen and oxygen atoms in total. The van der Waals surface area contributed by atoms with Gasteiger partial charge in [-0.1, -0.05) is 41.9 Å². The second-order valence-corrected chi connectivity index (χ2v) is 4.24. The predicted molar refractivity (Wildman–Crippen MR) is 67.7 cm³/mol. The molecule has 1 heterocycles. The Kier molecular flexibility index (Phi) is 3.95. The minimum absolute atomic E-state index is 0.701. The number of halogens is 1. The van der Waals surface area contributed by atoms with Gasteiger partial charge in [-0.15, -0.1) is 0 Å². The van der Waals surface area contributed by atoms with E-state index < -0.39 is 0 Å². The normalized spacial score (nSPS) is 10.3. The van der Waals surface area contributed by atoms with Crippen LogP contribution in [0.1, 0.15) is 17.7 Å². The molecule has 0 unspecified atom stereocenters. The molecule has 1 aromatic heterocycles. The largest absolute Gasteiger partial charge is 0.260 e. The van der Waals surface area contributed by atoms with Gasteiger partial charge >= 0.3 is 0 Å². The first-order valence-electron chi connectivity index (χ1n) is 5.49. The standard InChI is InChI=1S/C14H14ClN/c15-13-9-10-14(16-11-13)8-4-7-12-5-2-1-3-6-12/h1-3,5-6,9-11H,4,7-8H2. The maximum atomic E-state index is 5.78. The zero-order chi connectivity index (χ0) is 11.2. The molecular weight excluding hydrogens is 218 g/mol. The van der Waals surface area contributed by atoms with Gasteiger partial charge in [0, 0.05) is 11.9 Å². The highest BCUT2D eigenvalue weighted by Crippen LogP contribution is 2.09. The highest BCUT2D eigenvalue weighted by atomic mass is 35.5. The first-order valence-corrected chi connectivity index (χ1v) is 5.87. The smallest absolute Gasteiger partial charge is 0.0589 e. The van der Waals surface area contributed by atoms with Crippen LogP contribution in [0.3, 0.4) is 0 Å². The number of aryl methyl sites for hydroxylation is 2. The Morgan fingerprint density at radius 2 is 1.75 bits per heavy atom. The number of nitrogens with zero attached hydrogens (tertiary/aromatic N) is 1. The van der Waals surface area contributed by atoms with Crippen LogP contribution in [0.5, 0.6) is 0 Å². The maximum Gasteiger partial charge on any atom is 0.0589 e. The van der Waals surface area contributed by atoms with Gasteiger partial charge in [-0.05, 0) is 37.0 Å². The Morgan fingerprint density at radius 3 is 2.44 bits per heavy atom. The van der Waals surface area contributed by atoms with Gasteiger partial charge in [0.2, 0.25) is 0 Å². The van der Waals surface area contributed by atoms with E-state index in [0.717, 1.165) is 25.0 Å². The molecule has 1 aromatic carbocycles. The molecule has 0 aliphatic carbocycles. The molecule has 2 heteroatoms. The summed E-state index contributed by atoms with van der Waals surface area (Å²) in [5, 5.41) is 0.701. The summed E-state index contributed by atoms with van der Waals surface area (Å²) in [6, 6.07) is 14.4. The van der Waals surface area contributed by atoms with Gasteiger partial charge in [0.1, 0.15) is 0 Å². The summed E-state index contributed by atoms with van der Waals surface area (Å²) in [5.74, 6) is 0. The van der Waals surface area contributed by atoms with Crippen LogP contribution < -0.4 is 0 Å². The fourth-order valence-electron chi connectivity index (χ4n) is 1.67. The Morgan fingerprint density at radius 1 is 0.938 bits per heavy atom. The van der Waals surface area contributed by atoms with Crippen molar-refractivity contribution in [3.8, 4) is 0 Å². The van der Waals surface area contributed by atoms with E-state index in [2.05, 4.69) is 29.2 Å². The number of hydrogen-bond acceptors (Lipinski definition) is 1. The molecule has 0 N–H and O–H groups in total. The van der Waals surface area contributed by atoms with Crippen LogP contribution >= 0.6 is 11.6 Å². The molecule has 0 aliphatic heterocycles. The van der Waals surface area contributed by atoms with Crippen LogP contribution in [0.15, 0.2) is 48.7 Å². The van der Waals surface area contributed by atoms with Crippen LogP contribution in [0, 0.1) is 0 Å². The summed E-state index contributed by atoms with van der Waals surface area (Å²) in [4.78, 5) is 4.28. The molecule has 82 valence electrons. The van der Waals surface area contributed by atoms with E-state index in [1.165, 1.54) is 5.56 Å². The molecule has 0 spiro atoms. The highest BCUT2D eigenvalue weighted by Gasteiger charge is 1.96. The Hall–Kier alpha value is -1.34. The second-order valence-electron chi connectivity index (χ2n) is 3.81.